The SMILES string of the molecule is CC(=O)Nc1cc2n(n1)CCCc1cnn(-c3ccccc3C)c1-2. The van der Waals surface area contributed by atoms with E-state index in [0.29, 0.717) is 5.82 Å². The Labute approximate surface area is 140 Å². The lowest BCUT2D eigenvalue weighted by atomic mass is 10.1. The Kier molecular flexibility index (Phi) is 3.45. The third kappa shape index (κ3) is 2.40. The average Bonchev–Trinajstić information content (AvgIpc) is 3.07. The molecule has 6 nitrogen and oxygen atoms in total. The molecule has 1 aromatic carbocycles. The fourth-order valence-electron chi connectivity index (χ4n) is 3.26. The maximum Gasteiger partial charge on any atom is 0.222 e. The average molecular weight is 321 g/mol. The highest BCUT2D eigenvalue weighted by molar-refractivity contribution is 5.88. The van der Waals surface area contributed by atoms with Crippen molar-refractivity contribution in [2.75, 3.05) is 5.32 Å². The molecule has 1 amide bonds. The molecule has 0 unspecified atom stereocenters. The van der Waals surface area contributed by atoms with E-state index in [9.17, 15) is 4.79 Å². The van der Waals surface area contributed by atoms with Gasteiger partial charge in [0.05, 0.1) is 23.3 Å². The molecule has 0 saturated heterocycles. The number of hydrogen-bond acceptors (Lipinski definition) is 3. The van der Waals surface area contributed by atoms with Crippen LogP contribution in [0.3, 0.4) is 0 Å². The first kappa shape index (κ1) is 14.7. The molecular weight excluding hydrogens is 302 g/mol. The van der Waals surface area contributed by atoms with E-state index in [1.807, 2.05) is 33.8 Å². The third-order valence-electron chi connectivity index (χ3n) is 4.33. The molecule has 0 aliphatic carbocycles. The summed E-state index contributed by atoms with van der Waals surface area (Å²) < 4.78 is 3.95. The summed E-state index contributed by atoms with van der Waals surface area (Å²) in [5, 5.41) is 11.9. The predicted molar refractivity (Wildman–Crippen MR) is 92.1 cm³/mol. The van der Waals surface area contributed by atoms with Crippen molar-refractivity contribution < 1.29 is 4.79 Å². The zero-order valence-corrected chi connectivity index (χ0v) is 13.8. The van der Waals surface area contributed by atoms with Crippen LogP contribution in [-0.2, 0) is 17.8 Å². The van der Waals surface area contributed by atoms with Gasteiger partial charge in [0.1, 0.15) is 0 Å². The standard InChI is InChI=1S/C18H19N5O/c1-12-6-3-4-8-15(12)23-18-14(11-19-23)7-5-9-22-16(18)10-17(21-22)20-13(2)24/h3-4,6,8,10-11H,5,7,9H2,1-2H3,(H,20,21,24). The second-order valence-electron chi connectivity index (χ2n) is 6.14. The molecule has 4 rings (SSSR count). The van der Waals surface area contributed by atoms with Gasteiger partial charge in [-0.3, -0.25) is 9.48 Å². The van der Waals surface area contributed by atoms with E-state index in [2.05, 4.69) is 34.6 Å². The molecule has 0 bridgehead atoms. The molecule has 3 heterocycles. The number of carbonyl (C=O) groups is 1. The van der Waals surface area contributed by atoms with Crippen molar-refractivity contribution in [3.05, 3.63) is 47.7 Å². The summed E-state index contributed by atoms with van der Waals surface area (Å²) in [5.41, 5.74) is 5.50. The first-order valence-electron chi connectivity index (χ1n) is 8.12. The van der Waals surface area contributed by atoms with Crippen LogP contribution in [0.5, 0.6) is 0 Å². The molecular formula is C18H19N5O. The second-order valence-corrected chi connectivity index (χ2v) is 6.14. The van der Waals surface area contributed by atoms with Gasteiger partial charge in [-0.15, -0.1) is 0 Å². The molecule has 24 heavy (non-hydrogen) atoms. The Hall–Kier alpha value is -2.89. The first-order valence-corrected chi connectivity index (χ1v) is 8.12. The fourth-order valence-corrected chi connectivity index (χ4v) is 3.26. The summed E-state index contributed by atoms with van der Waals surface area (Å²) in [6.45, 7) is 4.41. The summed E-state index contributed by atoms with van der Waals surface area (Å²) in [6, 6.07) is 10.1. The summed E-state index contributed by atoms with van der Waals surface area (Å²) in [6.07, 6.45) is 3.92. The largest absolute Gasteiger partial charge is 0.309 e. The number of hydrogen-bond donors (Lipinski definition) is 1. The summed E-state index contributed by atoms with van der Waals surface area (Å²) in [7, 11) is 0. The molecule has 2 aromatic heterocycles. The number of benzene rings is 1. The minimum atomic E-state index is -0.115. The van der Waals surface area contributed by atoms with E-state index in [1.165, 1.54) is 18.1 Å². The van der Waals surface area contributed by atoms with E-state index >= 15 is 0 Å². The monoisotopic (exact) mass is 321 g/mol. The van der Waals surface area contributed by atoms with Crippen LogP contribution in [0, 0.1) is 6.92 Å². The Balaban J connectivity index is 1.90. The Morgan fingerprint density at radius 3 is 2.92 bits per heavy atom. The van der Waals surface area contributed by atoms with Crippen LogP contribution in [0.15, 0.2) is 36.5 Å². The number of nitrogens with one attached hydrogen (secondary N) is 1. The molecule has 0 fully saturated rings. The summed E-state index contributed by atoms with van der Waals surface area (Å²) in [4.78, 5) is 11.3. The minimum absolute atomic E-state index is 0.115. The molecule has 1 aliphatic heterocycles. The Bertz CT molecular complexity index is 921. The van der Waals surface area contributed by atoms with Crippen molar-refractivity contribution in [3.8, 4) is 17.1 Å². The van der Waals surface area contributed by atoms with Gasteiger partial charge in [0.2, 0.25) is 5.91 Å². The Morgan fingerprint density at radius 2 is 2.12 bits per heavy atom. The topological polar surface area (TPSA) is 64.7 Å². The minimum Gasteiger partial charge on any atom is -0.309 e. The van der Waals surface area contributed by atoms with Gasteiger partial charge in [0.25, 0.3) is 0 Å². The molecule has 122 valence electrons. The highest BCUT2D eigenvalue weighted by Crippen LogP contribution is 2.32. The van der Waals surface area contributed by atoms with E-state index in [1.54, 1.807) is 0 Å². The van der Waals surface area contributed by atoms with Gasteiger partial charge in [-0.25, -0.2) is 4.68 Å². The molecule has 6 heteroatoms. The number of amides is 1. The van der Waals surface area contributed by atoms with Crippen LogP contribution >= 0.6 is 0 Å². The molecule has 0 radical (unpaired) electrons. The van der Waals surface area contributed by atoms with Crippen LogP contribution in [0.4, 0.5) is 5.82 Å². The highest BCUT2D eigenvalue weighted by Gasteiger charge is 2.23. The number of anilines is 1. The lowest BCUT2D eigenvalue weighted by Gasteiger charge is -2.11. The van der Waals surface area contributed by atoms with Gasteiger partial charge in [0, 0.05) is 25.1 Å². The smallest absolute Gasteiger partial charge is 0.222 e. The first-order chi connectivity index (χ1) is 11.6. The maximum atomic E-state index is 11.3. The maximum absolute atomic E-state index is 11.3. The number of para-hydroxylation sites is 1. The second kappa shape index (κ2) is 5.63. The summed E-state index contributed by atoms with van der Waals surface area (Å²) in [5.74, 6) is 0.471. The lowest BCUT2D eigenvalue weighted by molar-refractivity contribution is -0.114. The number of aryl methyl sites for hydroxylation is 3. The van der Waals surface area contributed by atoms with Crippen LogP contribution < -0.4 is 5.32 Å². The third-order valence-corrected chi connectivity index (χ3v) is 4.33. The van der Waals surface area contributed by atoms with Crippen molar-refractivity contribution >= 4 is 11.7 Å². The molecule has 0 saturated carbocycles. The zero-order valence-electron chi connectivity index (χ0n) is 13.8. The van der Waals surface area contributed by atoms with Crippen molar-refractivity contribution in [3.63, 3.8) is 0 Å². The quantitative estimate of drug-likeness (QED) is 0.789. The summed E-state index contributed by atoms with van der Waals surface area (Å²) >= 11 is 0. The number of nitrogens with zero attached hydrogens (tertiary/aromatic N) is 4. The zero-order chi connectivity index (χ0) is 16.7. The van der Waals surface area contributed by atoms with Crippen LogP contribution in [-0.4, -0.2) is 25.5 Å². The van der Waals surface area contributed by atoms with Crippen LogP contribution in [0.25, 0.3) is 17.1 Å². The predicted octanol–water partition coefficient (Wildman–Crippen LogP) is 2.95. The van der Waals surface area contributed by atoms with E-state index in [4.69, 9.17) is 0 Å². The van der Waals surface area contributed by atoms with Gasteiger partial charge in [-0.1, -0.05) is 18.2 Å². The van der Waals surface area contributed by atoms with Crippen LogP contribution in [0.1, 0.15) is 24.5 Å². The number of rotatable bonds is 2. The highest BCUT2D eigenvalue weighted by atomic mass is 16.1. The van der Waals surface area contributed by atoms with Gasteiger partial charge in [-0.05, 0) is 31.4 Å². The van der Waals surface area contributed by atoms with E-state index in [0.717, 1.165) is 36.5 Å². The van der Waals surface area contributed by atoms with E-state index in [-0.39, 0.29) is 5.91 Å². The molecule has 3 aromatic rings. The van der Waals surface area contributed by atoms with Crippen LogP contribution in [0.2, 0.25) is 0 Å². The molecule has 1 N–H and O–H groups in total. The van der Waals surface area contributed by atoms with Gasteiger partial charge >= 0.3 is 0 Å². The molecule has 0 atom stereocenters. The normalized spacial score (nSPS) is 13.1. The van der Waals surface area contributed by atoms with Crippen molar-refractivity contribution in [2.45, 2.75) is 33.2 Å². The Morgan fingerprint density at radius 1 is 1.29 bits per heavy atom. The van der Waals surface area contributed by atoms with Gasteiger partial charge in [0.15, 0.2) is 5.82 Å². The van der Waals surface area contributed by atoms with Crippen molar-refractivity contribution in [1.82, 2.24) is 19.6 Å². The number of fused-ring (bicyclic) bond motifs is 3. The van der Waals surface area contributed by atoms with E-state index < -0.39 is 0 Å². The van der Waals surface area contributed by atoms with Gasteiger partial charge < -0.3 is 5.32 Å². The van der Waals surface area contributed by atoms with Gasteiger partial charge in [-0.2, -0.15) is 10.2 Å². The van der Waals surface area contributed by atoms with Crippen molar-refractivity contribution in [2.24, 2.45) is 0 Å². The van der Waals surface area contributed by atoms with Crippen molar-refractivity contribution in [1.29, 1.82) is 0 Å². The molecule has 1 aliphatic rings. The number of aromatic nitrogens is 4. The fraction of sp³-hybridized carbons (Fsp3) is 0.278. The number of carbonyl (C=O) groups excluding carboxylic acids is 1. The molecule has 0 spiro atoms. The lowest BCUT2D eigenvalue weighted by Crippen LogP contribution is -2.08.